The number of rotatable bonds is 6. The fraction of sp³-hybridized carbons (Fsp3) is 0.320. The molecule has 0 spiro atoms. The van der Waals surface area contributed by atoms with Crippen molar-refractivity contribution >= 4 is 34.4 Å². The van der Waals surface area contributed by atoms with E-state index < -0.39 is 17.5 Å². The molecule has 1 aliphatic heterocycles. The molecular weight excluding hydrogens is 465 g/mol. The third-order valence-corrected chi connectivity index (χ3v) is 6.19. The van der Waals surface area contributed by atoms with E-state index in [4.69, 9.17) is 25.5 Å². The molecule has 1 fully saturated rings. The van der Waals surface area contributed by atoms with Gasteiger partial charge in [0.1, 0.15) is 17.1 Å². The molecule has 3 aromatic rings. The lowest BCUT2D eigenvalue weighted by Gasteiger charge is -2.22. The van der Waals surface area contributed by atoms with Gasteiger partial charge in [0, 0.05) is 41.7 Å². The zero-order valence-corrected chi connectivity index (χ0v) is 19.4. The Kier molecular flexibility index (Phi) is 6.88. The number of fused-ring (bicyclic) bond motifs is 1. The minimum Gasteiger partial charge on any atom is -0.481 e. The Morgan fingerprint density at radius 3 is 2.74 bits per heavy atom. The number of carbonyl (C=O) groups excluding carboxylic acids is 2. The van der Waals surface area contributed by atoms with Gasteiger partial charge in [-0.1, -0.05) is 11.6 Å². The van der Waals surface area contributed by atoms with Crippen LogP contribution in [0.15, 0.2) is 51.7 Å². The van der Waals surface area contributed by atoms with Gasteiger partial charge in [0.15, 0.2) is 6.10 Å². The topological polar surface area (TPSA) is 86.0 Å². The maximum Gasteiger partial charge on any atom is 0.336 e. The molecule has 1 aliphatic rings. The molecule has 178 valence electrons. The third-order valence-electron chi connectivity index (χ3n) is 5.88. The molecule has 0 aliphatic carbocycles. The van der Waals surface area contributed by atoms with E-state index in [1.807, 2.05) is 0 Å². The molecule has 0 bridgehead atoms. The average Bonchev–Trinajstić information content (AvgIpc) is 3.26. The van der Waals surface area contributed by atoms with Crippen LogP contribution in [0.5, 0.6) is 5.75 Å². The Morgan fingerprint density at radius 1 is 1.21 bits per heavy atom. The van der Waals surface area contributed by atoms with Gasteiger partial charge in [0.25, 0.3) is 5.91 Å². The number of likely N-dealkylation sites (tertiary alicyclic amines) is 1. The molecule has 0 radical (unpaired) electrons. The van der Waals surface area contributed by atoms with Crippen LogP contribution in [0.25, 0.3) is 22.1 Å². The number of hydrogen-bond donors (Lipinski definition) is 0. The largest absolute Gasteiger partial charge is 0.481 e. The summed E-state index contributed by atoms with van der Waals surface area (Å²) in [5.74, 6) is -0.548. The molecule has 34 heavy (non-hydrogen) atoms. The first-order chi connectivity index (χ1) is 16.2. The van der Waals surface area contributed by atoms with Gasteiger partial charge in [-0.15, -0.1) is 0 Å². The summed E-state index contributed by atoms with van der Waals surface area (Å²) in [6, 6.07) is 10.1. The van der Waals surface area contributed by atoms with Gasteiger partial charge >= 0.3 is 11.6 Å². The van der Waals surface area contributed by atoms with E-state index in [-0.39, 0.29) is 34.8 Å². The average molecular weight is 488 g/mol. The van der Waals surface area contributed by atoms with Crippen molar-refractivity contribution in [2.75, 3.05) is 20.2 Å². The zero-order chi connectivity index (χ0) is 24.4. The summed E-state index contributed by atoms with van der Waals surface area (Å²) in [6.07, 6.45) is 0.221. The van der Waals surface area contributed by atoms with E-state index in [9.17, 15) is 18.8 Å². The summed E-state index contributed by atoms with van der Waals surface area (Å²) >= 11 is 6.20. The fourth-order valence-electron chi connectivity index (χ4n) is 4.18. The molecule has 7 nitrogen and oxygen atoms in total. The molecule has 1 amide bonds. The number of carbonyl (C=O) groups is 2. The van der Waals surface area contributed by atoms with Crippen molar-refractivity contribution in [1.82, 2.24) is 4.90 Å². The number of ether oxygens (including phenoxy) is 2. The van der Waals surface area contributed by atoms with Gasteiger partial charge in [-0.25, -0.2) is 9.18 Å². The van der Waals surface area contributed by atoms with Crippen LogP contribution in [0.4, 0.5) is 4.39 Å². The van der Waals surface area contributed by atoms with Crippen LogP contribution in [0.3, 0.4) is 0 Å². The number of benzene rings is 2. The number of nitrogens with zero attached hydrogens (tertiary/aromatic N) is 1. The molecule has 1 aromatic heterocycles. The van der Waals surface area contributed by atoms with Crippen molar-refractivity contribution in [3.63, 3.8) is 0 Å². The Hall–Kier alpha value is -3.39. The smallest absolute Gasteiger partial charge is 0.336 e. The van der Waals surface area contributed by atoms with Crippen LogP contribution in [-0.4, -0.2) is 43.1 Å². The second kappa shape index (κ2) is 9.85. The van der Waals surface area contributed by atoms with E-state index in [1.165, 1.54) is 37.4 Å². The number of esters is 1. The van der Waals surface area contributed by atoms with Crippen molar-refractivity contribution in [3.05, 3.63) is 63.7 Å². The summed E-state index contributed by atoms with van der Waals surface area (Å²) in [4.78, 5) is 38.2. The molecule has 2 atom stereocenters. The third kappa shape index (κ3) is 5.07. The first kappa shape index (κ1) is 23.8. The van der Waals surface area contributed by atoms with Crippen molar-refractivity contribution in [2.24, 2.45) is 5.92 Å². The highest BCUT2D eigenvalue weighted by Gasteiger charge is 2.31. The van der Waals surface area contributed by atoms with E-state index >= 15 is 0 Å². The molecule has 0 unspecified atom stereocenters. The predicted molar refractivity (Wildman–Crippen MR) is 124 cm³/mol. The van der Waals surface area contributed by atoms with Gasteiger partial charge in [0.05, 0.1) is 18.6 Å². The first-order valence-electron chi connectivity index (χ1n) is 10.8. The van der Waals surface area contributed by atoms with E-state index in [2.05, 4.69) is 0 Å². The number of halogens is 2. The summed E-state index contributed by atoms with van der Waals surface area (Å²) in [5.41, 5.74) is 0.645. The minimum atomic E-state index is -0.782. The molecule has 1 saturated heterocycles. The van der Waals surface area contributed by atoms with Crippen LogP contribution in [0, 0.1) is 11.7 Å². The van der Waals surface area contributed by atoms with E-state index in [0.29, 0.717) is 35.4 Å². The SMILES string of the molecule is COC(=O)C[C@@H]1CCN(C(=O)[C@@H](C)Oc2ccc3c(-c4ccc(F)cc4Cl)cc(=O)oc3c2)C1. The summed E-state index contributed by atoms with van der Waals surface area (Å²) in [5, 5.41) is 0.757. The van der Waals surface area contributed by atoms with Crippen LogP contribution < -0.4 is 10.4 Å². The van der Waals surface area contributed by atoms with Gasteiger partial charge in [0.2, 0.25) is 0 Å². The van der Waals surface area contributed by atoms with Crippen LogP contribution in [-0.2, 0) is 14.3 Å². The maximum atomic E-state index is 13.5. The summed E-state index contributed by atoms with van der Waals surface area (Å²) in [6.45, 7) is 2.66. The Morgan fingerprint density at radius 2 is 2.00 bits per heavy atom. The van der Waals surface area contributed by atoms with Gasteiger partial charge in [-0.05, 0) is 49.6 Å². The van der Waals surface area contributed by atoms with Crippen molar-refractivity contribution in [3.8, 4) is 16.9 Å². The molecule has 0 saturated carbocycles. The summed E-state index contributed by atoms with van der Waals surface area (Å²) < 4.78 is 29.4. The second-order valence-corrected chi connectivity index (χ2v) is 8.65. The van der Waals surface area contributed by atoms with E-state index in [0.717, 1.165) is 6.42 Å². The quantitative estimate of drug-likeness (QED) is 0.377. The first-order valence-corrected chi connectivity index (χ1v) is 11.2. The van der Waals surface area contributed by atoms with Crippen molar-refractivity contribution in [2.45, 2.75) is 25.9 Å². The van der Waals surface area contributed by atoms with Gasteiger partial charge in [-0.3, -0.25) is 9.59 Å². The van der Waals surface area contributed by atoms with Crippen LogP contribution in [0.1, 0.15) is 19.8 Å². The molecular formula is C25H23ClFNO6. The second-order valence-electron chi connectivity index (χ2n) is 8.24. The highest BCUT2D eigenvalue weighted by Crippen LogP contribution is 2.34. The molecule has 2 aromatic carbocycles. The number of hydrogen-bond acceptors (Lipinski definition) is 6. The molecule has 4 rings (SSSR count). The predicted octanol–water partition coefficient (Wildman–Crippen LogP) is 4.43. The minimum absolute atomic E-state index is 0.0650. The van der Waals surface area contributed by atoms with Crippen LogP contribution >= 0.6 is 11.6 Å². The van der Waals surface area contributed by atoms with Crippen molar-refractivity contribution < 1.29 is 27.9 Å². The lowest BCUT2D eigenvalue weighted by molar-refractivity contribution is -0.142. The highest BCUT2D eigenvalue weighted by molar-refractivity contribution is 6.33. The Balaban J connectivity index is 1.53. The normalized spacial score (nSPS) is 16.5. The monoisotopic (exact) mass is 487 g/mol. The molecule has 2 heterocycles. The highest BCUT2D eigenvalue weighted by atomic mass is 35.5. The maximum absolute atomic E-state index is 13.5. The lowest BCUT2D eigenvalue weighted by Crippen LogP contribution is -2.39. The summed E-state index contributed by atoms with van der Waals surface area (Å²) in [7, 11) is 1.35. The Bertz CT molecular complexity index is 1310. The zero-order valence-electron chi connectivity index (χ0n) is 18.7. The Labute approximate surface area is 200 Å². The fourth-order valence-corrected chi connectivity index (χ4v) is 4.45. The van der Waals surface area contributed by atoms with E-state index in [1.54, 1.807) is 24.0 Å². The van der Waals surface area contributed by atoms with Gasteiger partial charge in [-0.2, -0.15) is 0 Å². The van der Waals surface area contributed by atoms with Crippen molar-refractivity contribution in [1.29, 1.82) is 0 Å². The number of methoxy groups -OCH3 is 1. The molecule has 9 heteroatoms. The van der Waals surface area contributed by atoms with Crippen LogP contribution in [0.2, 0.25) is 5.02 Å². The lowest BCUT2D eigenvalue weighted by atomic mass is 10.0. The van der Waals surface area contributed by atoms with Gasteiger partial charge < -0.3 is 18.8 Å². The molecule has 0 N–H and O–H groups in total. The standard InChI is InChI=1S/C25H23ClFNO6/c1-14(25(31)28-8-7-15(13-28)9-23(29)32-2)33-17-4-6-19-20(12-24(30)34-22(19)11-17)18-5-3-16(27)10-21(18)26/h3-6,10-12,14-15H,7-9,13H2,1-2H3/t14-,15+/m1/s1. The number of amides is 1.